The van der Waals surface area contributed by atoms with Gasteiger partial charge in [0.2, 0.25) is 0 Å². The Morgan fingerprint density at radius 2 is 1.67 bits per heavy atom. The molecule has 0 aromatic carbocycles. The van der Waals surface area contributed by atoms with Gasteiger partial charge in [0.05, 0.1) is 0 Å². The van der Waals surface area contributed by atoms with Crippen LogP contribution in [0.2, 0.25) is 0 Å². The molecule has 1 saturated heterocycles. The van der Waals surface area contributed by atoms with Crippen molar-refractivity contribution >= 4 is 0 Å². The van der Waals surface area contributed by atoms with Gasteiger partial charge in [-0.05, 0) is 25.8 Å². The molecule has 76 valence electrons. The summed E-state index contributed by atoms with van der Waals surface area (Å²) in [7, 11) is 0. The molecular weight excluding hydrogens is 146 g/mol. The molecule has 1 heterocycles. The lowest BCUT2D eigenvalue weighted by atomic mass is 10.0. The molecule has 0 spiro atoms. The molecule has 0 radical (unpaired) electrons. The Labute approximate surface area is 78.9 Å². The molecule has 1 aliphatic heterocycles. The van der Waals surface area contributed by atoms with Gasteiger partial charge in [-0.2, -0.15) is 0 Å². The second-order valence-electron chi connectivity index (χ2n) is 2.56. The molecule has 0 bridgehead atoms. The lowest BCUT2D eigenvalue weighted by Gasteiger charge is -2.21. The van der Waals surface area contributed by atoms with Gasteiger partial charge in [-0.3, -0.25) is 0 Å². The van der Waals surface area contributed by atoms with Crippen LogP contribution in [-0.2, 0) is 0 Å². The molecule has 0 saturated carbocycles. The fourth-order valence-electron chi connectivity index (χ4n) is 1.27. The Morgan fingerprint density at radius 1 is 1.08 bits per heavy atom. The molecule has 1 rings (SSSR count). The smallest absolute Gasteiger partial charge is 0.00644 e. The first kappa shape index (κ1) is 14.5. The molecule has 1 fully saturated rings. The van der Waals surface area contributed by atoms with Gasteiger partial charge in [0, 0.05) is 6.04 Å². The monoisotopic (exact) mass is 173 g/mol. The fraction of sp³-hybridized carbons (Fsp3) is 1.00. The first-order valence-electron chi connectivity index (χ1n) is 5.67. The van der Waals surface area contributed by atoms with E-state index in [0.717, 1.165) is 6.04 Å². The molecule has 1 N–H and O–H groups in total. The topological polar surface area (TPSA) is 12.0 Å². The van der Waals surface area contributed by atoms with E-state index in [2.05, 4.69) is 12.2 Å². The maximum absolute atomic E-state index is 3.47. The Balaban J connectivity index is 0. The Hall–Kier alpha value is -0.0400. The Morgan fingerprint density at radius 3 is 1.92 bits per heavy atom. The lowest BCUT2D eigenvalue weighted by Crippen LogP contribution is -2.32. The minimum atomic E-state index is 0.837. The number of piperidine rings is 1. The average Bonchev–Trinajstić information content (AvgIpc) is 2.25. The number of nitrogens with one attached hydrogen (secondary N) is 1. The van der Waals surface area contributed by atoms with Crippen LogP contribution in [-0.4, -0.2) is 12.6 Å². The summed E-state index contributed by atoms with van der Waals surface area (Å²) >= 11 is 0. The van der Waals surface area contributed by atoms with Crippen LogP contribution in [0.15, 0.2) is 0 Å². The maximum Gasteiger partial charge on any atom is 0.00644 e. The molecule has 0 aromatic heterocycles. The summed E-state index contributed by atoms with van der Waals surface area (Å²) in [6.07, 6.45) is 5.53. The highest BCUT2D eigenvalue weighted by atomic mass is 14.9. The normalized spacial score (nSPS) is 21.2. The zero-order valence-corrected chi connectivity index (χ0v) is 9.61. The van der Waals surface area contributed by atoms with E-state index in [9.17, 15) is 0 Å². The third-order valence-corrected chi connectivity index (χ3v) is 1.91. The van der Waals surface area contributed by atoms with Crippen LogP contribution in [0.1, 0.15) is 60.3 Å². The van der Waals surface area contributed by atoms with E-state index in [1.165, 1.54) is 32.2 Å². The predicted molar refractivity (Wildman–Crippen MR) is 58.6 cm³/mol. The van der Waals surface area contributed by atoms with Crippen LogP contribution in [0.3, 0.4) is 0 Å². The van der Waals surface area contributed by atoms with Gasteiger partial charge in [0.15, 0.2) is 0 Å². The summed E-state index contributed by atoms with van der Waals surface area (Å²) in [5.41, 5.74) is 0. The molecule has 1 aliphatic rings. The predicted octanol–water partition coefficient (Wildman–Crippen LogP) is 3.59. The van der Waals surface area contributed by atoms with Gasteiger partial charge in [-0.25, -0.2) is 0 Å². The average molecular weight is 173 g/mol. The van der Waals surface area contributed by atoms with E-state index < -0.39 is 0 Å². The van der Waals surface area contributed by atoms with Crippen molar-refractivity contribution in [2.24, 2.45) is 0 Å². The quantitative estimate of drug-likeness (QED) is 0.639. The van der Waals surface area contributed by atoms with E-state index in [0.29, 0.717) is 0 Å². The van der Waals surface area contributed by atoms with Crippen LogP contribution >= 0.6 is 0 Å². The summed E-state index contributed by atoms with van der Waals surface area (Å²) in [5, 5.41) is 3.47. The molecule has 1 unspecified atom stereocenters. The molecule has 0 aromatic rings. The molecule has 0 aliphatic carbocycles. The first-order valence-corrected chi connectivity index (χ1v) is 5.67. The molecule has 12 heavy (non-hydrogen) atoms. The Bertz CT molecular complexity index is 56.0. The number of rotatable bonds is 1. The van der Waals surface area contributed by atoms with Gasteiger partial charge in [-0.15, -0.1) is 0 Å². The van der Waals surface area contributed by atoms with Gasteiger partial charge in [0.1, 0.15) is 0 Å². The summed E-state index contributed by atoms with van der Waals surface area (Å²) in [6, 6.07) is 0.837. The SMILES string of the molecule is CC.CC.CCC1CCCCN1. The fourth-order valence-corrected chi connectivity index (χ4v) is 1.27. The Kier molecular flexibility index (Phi) is 16.3. The van der Waals surface area contributed by atoms with E-state index in [1.807, 2.05) is 27.7 Å². The van der Waals surface area contributed by atoms with Gasteiger partial charge in [0.25, 0.3) is 0 Å². The second kappa shape index (κ2) is 13.5. The van der Waals surface area contributed by atoms with E-state index in [1.54, 1.807) is 0 Å². The van der Waals surface area contributed by atoms with Gasteiger partial charge < -0.3 is 5.32 Å². The summed E-state index contributed by atoms with van der Waals surface area (Å²) < 4.78 is 0. The van der Waals surface area contributed by atoms with E-state index >= 15 is 0 Å². The van der Waals surface area contributed by atoms with Crippen molar-refractivity contribution in [1.82, 2.24) is 5.32 Å². The van der Waals surface area contributed by atoms with Crippen molar-refractivity contribution in [2.75, 3.05) is 6.54 Å². The van der Waals surface area contributed by atoms with Crippen molar-refractivity contribution in [3.63, 3.8) is 0 Å². The highest BCUT2D eigenvalue weighted by Crippen LogP contribution is 2.08. The van der Waals surface area contributed by atoms with Crippen LogP contribution < -0.4 is 5.32 Å². The lowest BCUT2D eigenvalue weighted by molar-refractivity contribution is 0.393. The summed E-state index contributed by atoms with van der Waals surface area (Å²) in [5.74, 6) is 0. The van der Waals surface area contributed by atoms with Gasteiger partial charge in [-0.1, -0.05) is 41.0 Å². The number of hydrogen-bond donors (Lipinski definition) is 1. The standard InChI is InChI=1S/C7H15N.2C2H6/c1-2-7-5-3-4-6-8-7;2*1-2/h7-8H,2-6H2,1H3;2*1-2H3. The molecule has 1 nitrogen and oxygen atoms in total. The summed E-state index contributed by atoms with van der Waals surface area (Å²) in [6.45, 7) is 11.5. The van der Waals surface area contributed by atoms with Crippen molar-refractivity contribution in [2.45, 2.75) is 66.3 Å². The van der Waals surface area contributed by atoms with Crippen LogP contribution in [0.4, 0.5) is 0 Å². The second-order valence-corrected chi connectivity index (χ2v) is 2.56. The molecular formula is C11H27N. The highest BCUT2D eigenvalue weighted by molar-refractivity contribution is 4.69. The zero-order valence-electron chi connectivity index (χ0n) is 9.61. The van der Waals surface area contributed by atoms with Crippen LogP contribution in [0.5, 0.6) is 0 Å². The third-order valence-electron chi connectivity index (χ3n) is 1.91. The third kappa shape index (κ3) is 8.06. The molecule has 1 heteroatoms. The van der Waals surface area contributed by atoms with Crippen molar-refractivity contribution < 1.29 is 0 Å². The maximum atomic E-state index is 3.47. The zero-order chi connectivity index (χ0) is 9.82. The van der Waals surface area contributed by atoms with Crippen molar-refractivity contribution in [3.05, 3.63) is 0 Å². The highest BCUT2D eigenvalue weighted by Gasteiger charge is 2.08. The van der Waals surface area contributed by atoms with Crippen molar-refractivity contribution in [3.8, 4) is 0 Å². The van der Waals surface area contributed by atoms with Crippen LogP contribution in [0.25, 0.3) is 0 Å². The number of hydrogen-bond acceptors (Lipinski definition) is 1. The minimum Gasteiger partial charge on any atom is -0.314 e. The van der Waals surface area contributed by atoms with Crippen molar-refractivity contribution in [1.29, 1.82) is 0 Å². The van der Waals surface area contributed by atoms with E-state index in [4.69, 9.17) is 0 Å². The van der Waals surface area contributed by atoms with Crippen LogP contribution in [0, 0.1) is 0 Å². The summed E-state index contributed by atoms with van der Waals surface area (Å²) in [4.78, 5) is 0. The minimum absolute atomic E-state index is 0.837. The van der Waals surface area contributed by atoms with E-state index in [-0.39, 0.29) is 0 Å². The molecule has 1 atom stereocenters. The first-order chi connectivity index (χ1) is 5.93. The molecule has 0 amide bonds. The largest absolute Gasteiger partial charge is 0.314 e. The van der Waals surface area contributed by atoms with Gasteiger partial charge >= 0.3 is 0 Å².